The second-order valence-corrected chi connectivity index (χ2v) is 11.5. The lowest BCUT2D eigenvalue weighted by Crippen LogP contribution is -2.49. The van der Waals surface area contributed by atoms with Gasteiger partial charge in [-0.25, -0.2) is 18.2 Å². The summed E-state index contributed by atoms with van der Waals surface area (Å²) in [7, 11) is -4.07. The van der Waals surface area contributed by atoms with E-state index in [2.05, 4.69) is 9.71 Å². The van der Waals surface area contributed by atoms with Crippen molar-refractivity contribution in [3.8, 4) is 11.1 Å². The summed E-state index contributed by atoms with van der Waals surface area (Å²) in [5.41, 5.74) is -1.72. The van der Waals surface area contributed by atoms with Crippen molar-refractivity contribution >= 4 is 39.1 Å². The third kappa shape index (κ3) is 5.24. The summed E-state index contributed by atoms with van der Waals surface area (Å²) in [5.74, 6) is -0.679. The highest BCUT2D eigenvalue weighted by atomic mass is 32.2. The summed E-state index contributed by atoms with van der Waals surface area (Å²) in [6.45, 7) is 1.46. The molecule has 1 fully saturated rings. The minimum atomic E-state index is -4.43. The van der Waals surface area contributed by atoms with Crippen molar-refractivity contribution in [1.82, 2.24) is 9.71 Å². The van der Waals surface area contributed by atoms with Crippen LogP contribution >= 0.6 is 23.1 Å². The van der Waals surface area contributed by atoms with Crippen LogP contribution in [0.25, 0.3) is 11.1 Å². The number of sulfonamides is 1. The summed E-state index contributed by atoms with van der Waals surface area (Å²) in [5, 5.41) is 1.79. The van der Waals surface area contributed by atoms with Crippen LogP contribution in [0.15, 0.2) is 69.3 Å². The first-order valence-electron chi connectivity index (χ1n) is 9.55. The number of hydrogen-bond acceptors (Lipinski definition) is 7. The van der Waals surface area contributed by atoms with Gasteiger partial charge in [-0.05, 0) is 42.3 Å². The minimum Gasteiger partial charge on any atom is -0.449 e. The van der Waals surface area contributed by atoms with Gasteiger partial charge in [0.25, 0.3) is 0 Å². The fourth-order valence-corrected chi connectivity index (χ4v) is 6.61. The number of esters is 1. The van der Waals surface area contributed by atoms with Gasteiger partial charge in [0.15, 0.2) is 9.78 Å². The Labute approximate surface area is 196 Å². The van der Waals surface area contributed by atoms with Gasteiger partial charge >= 0.3 is 12.1 Å². The molecule has 1 saturated heterocycles. The number of hydrogen-bond donors (Lipinski definition) is 1. The molecule has 6 nitrogen and oxygen atoms in total. The molecule has 0 saturated carbocycles. The summed E-state index contributed by atoms with van der Waals surface area (Å²) < 4.78 is 72.5. The molecule has 0 spiro atoms. The van der Waals surface area contributed by atoms with Crippen LogP contribution < -0.4 is 4.72 Å². The SMILES string of the molecule is CC1(NS(=O)(=O)c2ccc(-c3ccc(C(F)(F)F)cc3)cc2)CC(Sc2nccs2)OC1=O. The maximum atomic E-state index is 12.9. The number of cyclic esters (lactones) is 1. The number of halogens is 3. The quantitative estimate of drug-likeness (QED) is 0.470. The zero-order chi connectivity index (χ0) is 23.9. The zero-order valence-electron chi connectivity index (χ0n) is 17.0. The van der Waals surface area contributed by atoms with Crippen LogP contribution in [-0.2, 0) is 25.7 Å². The Kier molecular flexibility index (Phi) is 6.29. The predicted octanol–water partition coefficient (Wildman–Crippen LogP) is 4.93. The standard InChI is InChI=1S/C21H17F3N2O4S3/c1-20(12-17(30-18(20)27)32-19-25-10-11-31-19)26-33(28,29)16-8-4-14(5-9-16)13-2-6-15(7-3-13)21(22,23)24/h2-11,17,26H,12H2,1H3. The monoisotopic (exact) mass is 514 g/mol. The Morgan fingerprint density at radius 1 is 1.12 bits per heavy atom. The average molecular weight is 515 g/mol. The molecule has 0 aliphatic carbocycles. The highest BCUT2D eigenvalue weighted by Crippen LogP contribution is 2.38. The fraction of sp³-hybridized carbons (Fsp3) is 0.238. The first-order chi connectivity index (χ1) is 15.5. The van der Waals surface area contributed by atoms with E-state index in [4.69, 9.17) is 4.74 Å². The Bertz CT molecular complexity index is 1250. The molecular formula is C21H17F3N2O4S3. The van der Waals surface area contributed by atoms with Crippen molar-refractivity contribution in [1.29, 1.82) is 0 Å². The van der Waals surface area contributed by atoms with E-state index in [9.17, 15) is 26.4 Å². The number of thioether (sulfide) groups is 1. The normalized spacial score (nSPS) is 21.2. The molecule has 0 radical (unpaired) electrons. The number of rotatable bonds is 6. The van der Waals surface area contributed by atoms with Gasteiger partial charge in [0.05, 0.1) is 10.5 Å². The molecule has 0 amide bonds. The van der Waals surface area contributed by atoms with Gasteiger partial charge in [0.2, 0.25) is 10.0 Å². The van der Waals surface area contributed by atoms with Gasteiger partial charge in [-0.15, -0.1) is 11.3 Å². The predicted molar refractivity (Wildman–Crippen MR) is 118 cm³/mol. The molecule has 12 heteroatoms. The van der Waals surface area contributed by atoms with Crippen molar-refractivity contribution in [2.75, 3.05) is 0 Å². The fourth-order valence-electron chi connectivity index (χ4n) is 3.27. The third-order valence-corrected chi connectivity index (χ3v) is 8.56. The molecule has 3 aromatic rings. The molecule has 2 unspecified atom stereocenters. The molecule has 2 aromatic carbocycles. The topological polar surface area (TPSA) is 85.4 Å². The van der Waals surface area contributed by atoms with E-state index >= 15 is 0 Å². The highest BCUT2D eigenvalue weighted by molar-refractivity contribution is 8.01. The van der Waals surface area contributed by atoms with E-state index in [1.807, 2.05) is 0 Å². The zero-order valence-corrected chi connectivity index (χ0v) is 19.4. The Hall–Kier alpha value is -2.41. The lowest BCUT2D eigenvalue weighted by molar-refractivity contribution is -0.143. The van der Waals surface area contributed by atoms with Crippen molar-refractivity contribution in [3.63, 3.8) is 0 Å². The number of carbonyl (C=O) groups excluding carboxylic acids is 1. The van der Waals surface area contributed by atoms with E-state index in [0.717, 1.165) is 12.1 Å². The number of ether oxygens (including phenoxy) is 1. The van der Waals surface area contributed by atoms with Crippen LogP contribution in [0.3, 0.4) is 0 Å². The van der Waals surface area contributed by atoms with Gasteiger partial charge in [-0.3, -0.25) is 0 Å². The summed E-state index contributed by atoms with van der Waals surface area (Å²) >= 11 is 2.64. The molecule has 33 heavy (non-hydrogen) atoms. The summed E-state index contributed by atoms with van der Waals surface area (Å²) in [4.78, 5) is 16.5. The number of alkyl halides is 3. The molecule has 4 rings (SSSR count). The molecule has 1 aliphatic heterocycles. The van der Waals surface area contributed by atoms with E-state index in [1.165, 1.54) is 66.4 Å². The second-order valence-electron chi connectivity index (χ2n) is 7.49. The van der Waals surface area contributed by atoms with Crippen molar-refractivity contribution in [2.24, 2.45) is 0 Å². The molecule has 2 heterocycles. The molecular weight excluding hydrogens is 497 g/mol. The third-order valence-electron chi connectivity index (χ3n) is 4.98. The molecule has 1 N–H and O–H groups in total. The van der Waals surface area contributed by atoms with Gasteiger partial charge < -0.3 is 4.74 Å². The Morgan fingerprint density at radius 3 is 2.27 bits per heavy atom. The second kappa shape index (κ2) is 8.75. The Morgan fingerprint density at radius 2 is 1.73 bits per heavy atom. The number of nitrogens with zero attached hydrogens (tertiary/aromatic N) is 1. The molecule has 1 aliphatic rings. The first kappa shape index (κ1) is 23.7. The maximum Gasteiger partial charge on any atom is 0.416 e. The van der Waals surface area contributed by atoms with Crippen LogP contribution in [0, 0.1) is 0 Å². The van der Waals surface area contributed by atoms with Crippen LogP contribution in [-0.4, -0.2) is 30.3 Å². The molecule has 0 bridgehead atoms. The number of thiazole rings is 1. The van der Waals surface area contributed by atoms with Crippen molar-refractivity contribution in [3.05, 3.63) is 65.7 Å². The minimum absolute atomic E-state index is 0.0804. The van der Waals surface area contributed by atoms with Crippen LogP contribution in [0.1, 0.15) is 18.9 Å². The van der Waals surface area contributed by atoms with E-state index in [0.29, 0.717) is 15.5 Å². The molecule has 174 valence electrons. The van der Waals surface area contributed by atoms with Gasteiger partial charge in [-0.2, -0.15) is 17.9 Å². The van der Waals surface area contributed by atoms with Gasteiger partial charge in [0.1, 0.15) is 5.54 Å². The first-order valence-corrected chi connectivity index (χ1v) is 12.8. The van der Waals surface area contributed by atoms with Crippen LogP contribution in [0.2, 0.25) is 0 Å². The molecule has 1 aromatic heterocycles. The maximum absolute atomic E-state index is 12.9. The average Bonchev–Trinajstić information content (AvgIpc) is 3.35. The smallest absolute Gasteiger partial charge is 0.416 e. The van der Waals surface area contributed by atoms with Gasteiger partial charge in [-0.1, -0.05) is 36.0 Å². The van der Waals surface area contributed by atoms with E-state index in [-0.39, 0.29) is 11.3 Å². The summed E-state index contributed by atoms with van der Waals surface area (Å²) in [6, 6.07) is 10.2. The van der Waals surface area contributed by atoms with Crippen LogP contribution in [0.5, 0.6) is 0 Å². The van der Waals surface area contributed by atoms with Crippen molar-refractivity contribution in [2.45, 2.75) is 39.7 Å². The number of carbonyl (C=O) groups is 1. The number of nitrogens with one attached hydrogen (secondary N) is 1. The lowest BCUT2D eigenvalue weighted by Gasteiger charge is -2.20. The number of benzene rings is 2. The van der Waals surface area contributed by atoms with E-state index in [1.54, 1.807) is 11.6 Å². The lowest BCUT2D eigenvalue weighted by atomic mass is 10.0. The molecule has 2 atom stereocenters. The summed E-state index contributed by atoms with van der Waals surface area (Å²) in [6.07, 6.45) is -2.68. The number of aromatic nitrogens is 1. The Balaban J connectivity index is 1.48. The highest BCUT2D eigenvalue weighted by Gasteiger charge is 2.48. The van der Waals surface area contributed by atoms with Crippen molar-refractivity contribution < 1.29 is 31.1 Å². The van der Waals surface area contributed by atoms with Crippen LogP contribution in [0.4, 0.5) is 13.2 Å². The largest absolute Gasteiger partial charge is 0.449 e. The van der Waals surface area contributed by atoms with E-state index < -0.39 is 38.7 Å². The van der Waals surface area contributed by atoms with Gasteiger partial charge in [0, 0.05) is 18.0 Å².